The Labute approximate surface area is 169 Å². The molecule has 1 atom stereocenters. The van der Waals surface area contributed by atoms with Gasteiger partial charge < -0.3 is 4.90 Å². The third-order valence-electron chi connectivity index (χ3n) is 5.26. The molecule has 0 bridgehead atoms. The van der Waals surface area contributed by atoms with E-state index in [4.69, 9.17) is 4.98 Å². The summed E-state index contributed by atoms with van der Waals surface area (Å²) in [5.74, 6) is 1.62. The van der Waals surface area contributed by atoms with E-state index in [1.807, 2.05) is 15.7 Å². The van der Waals surface area contributed by atoms with Crippen molar-refractivity contribution in [3.05, 3.63) is 72.0 Å². The summed E-state index contributed by atoms with van der Waals surface area (Å²) in [6, 6.07) is 5.99. The lowest BCUT2D eigenvalue weighted by Crippen LogP contribution is -2.32. The molecule has 4 rings (SSSR count). The van der Waals surface area contributed by atoms with Crippen LogP contribution in [-0.2, 0) is 11.2 Å². The van der Waals surface area contributed by atoms with Gasteiger partial charge in [0.15, 0.2) is 5.82 Å². The standard InChI is InChI=1S/C22H24FN5O/c1-15(2)22-25-9-11-28(22)20-14-24-13-18(26-20)19-4-3-10-27(19)21(29)12-16-5-7-17(23)8-6-16/h5-9,11,13-15,19H,3-4,10,12H2,1-2H3/t19-/m0/s1. The highest BCUT2D eigenvalue weighted by Crippen LogP contribution is 2.31. The van der Waals surface area contributed by atoms with Crippen molar-refractivity contribution in [2.45, 2.75) is 45.1 Å². The van der Waals surface area contributed by atoms with E-state index in [0.29, 0.717) is 12.4 Å². The van der Waals surface area contributed by atoms with Crippen LogP contribution in [0.2, 0.25) is 0 Å². The van der Waals surface area contributed by atoms with E-state index in [1.54, 1.807) is 30.7 Å². The molecule has 6 nitrogen and oxygen atoms in total. The van der Waals surface area contributed by atoms with Gasteiger partial charge in [0.25, 0.3) is 0 Å². The summed E-state index contributed by atoms with van der Waals surface area (Å²) in [5, 5.41) is 0. The number of hydrogen-bond acceptors (Lipinski definition) is 4. The first kappa shape index (κ1) is 19.2. The Hall–Kier alpha value is -3.09. The number of hydrogen-bond donors (Lipinski definition) is 0. The van der Waals surface area contributed by atoms with Crippen LogP contribution in [0.25, 0.3) is 5.82 Å². The van der Waals surface area contributed by atoms with Gasteiger partial charge in [0.1, 0.15) is 11.6 Å². The molecule has 150 valence electrons. The van der Waals surface area contributed by atoms with Crippen molar-refractivity contribution in [1.82, 2.24) is 24.4 Å². The molecule has 0 aliphatic carbocycles. The van der Waals surface area contributed by atoms with Gasteiger partial charge >= 0.3 is 0 Å². The number of rotatable bonds is 5. The van der Waals surface area contributed by atoms with E-state index in [-0.39, 0.29) is 30.1 Å². The molecule has 0 N–H and O–H groups in total. The summed E-state index contributed by atoms with van der Waals surface area (Å²) in [4.78, 5) is 28.4. The molecule has 0 spiro atoms. The summed E-state index contributed by atoms with van der Waals surface area (Å²) < 4.78 is 15.1. The zero-order valence-corrected chi connectivity index (χ0v) is 16.6. The molecule has 7 heteroatoms. The number of likely N-dealkylation sites (tertiary alicyclic amines) is 1. The van der Waals surface area contributed by atoms with Gasteiger partial charge in [0, 0.05) is 24.9 Å². The largest absolute Gasteiger partial charge is 0.334 e. The maximum atomic E-state index is 13.1. The predicted molar refractivity (Wildman–Crippen MR) is 107 cm³/mol. The number of nitrogens with zero attached hydrogens (tertiary/aromatic N) is 5. The molecule has 3 heterocycles. The van der Waals surface area contributed by atoms with Crippen LogP contribution < -0.4 is 0 Å². The SMILES string of the molecule is CC(C)c1nccn1-c1cncc([C@@H]2CCCN2C(=O)Cc2ccc(F)cc2)n1. The number of amides is 1. The van der Waals surface area contributed by atoms with E-state index in [9.17, 15) is 9.18 Å². The fraction of sp³-hybridized carbons (Fsp3) is 0.364. The minimum absolute atomic E-state index is 0.0248. The third-order valence-corrected chi connectivity index (χ3v) is 5.26. The normalized spacial score (nSPS) is 16.6. The van der Waals surface area contributed by atoms with Gasteiger partial charge in [-0.05, 0) is 30.5 Å². The molecule has 3 aromatic rings. The first-order chi connectivity index (χ1) is 14.0. The van der Waals surface area contributed by atoms with Crippen LogP contribution in [0.3, 0.4) is 0 Å². The quantitative estimate of drug-likeness (QED) is 0.661. The van der Waals surface area contributed by atoms with E-state index >= 15 is 0 Å². The van der Waals surface area contributed by atoms with Crippen LogP contribution in [0.5, 0.6) is 0 Å². The molecule has 0 unspecified atom stereocenters. The van der Waals surface area contributed by atoms with Crippen molar-refractivity contribution >= 4 is 5.91 Å². The maximum Gasteiger partial charge on any atom is 0.227 e. The van der Waals surface area contributed by atoms with Crippen molar-refractivity contribution in [2.24, 2.45) is 0 Å². The number of carbonyl (C=O) groups is 1. The second-order valence-electron chi connectivity index (χ2n) is 7.66. The highest BCUT2D eigenvalue weighted by molar-refractivity contribution is 5.79. The van der Waals surface area contributed by atoms with Crippen molar-refractivity contribution in [3.63, 3.8) is 0 Å². The Balaban J connectivity index is 1.56. The van der Waals surface area contributed by atoms with Crippen molar-refractivity contribution in [3.8, 4) is 5.82 Å². The molecule has 1 aliphatic rings. The van der Waals surface area contributed by atoms with Crippen LogP contribution in [0.15, 0.2) is 49.1 Å². The minimum Gasteiger partial charge on any atom is -0.334 e. The first-order valence-corrected chi connectivity index (χ1v) is 9.92. The van der Waals surface area contributed by atoms with Crippen LogP contribution in [0.1, 0.15) is 55.7 Å². The van der Waals surface area contributed by atoms with E-state index < -0.39 is 0 Å². The van der Waals surface area contributed by atoms with Crippen molar-refractivity contribution in [2.75, 3.05) is 6.54 Å². The smallest absolute Gasteiger partial charge is 0.227 e. The van der Waals surface area contributed by atoms with E-state index in [0.717, 1.165) is 29.9 Å². The lowest BCUT2D eigenvalue weighted by molar-refractivity contribution is -0.131. The molecular weight excluding hydrogens is 369 g/mol. The number of carbonyl (C=O) groups excluding carboxylic acids is 1. The third kappa shape index (κ3) is 4.04. The Kier molecular flexibility index (Phi) is 5.38. The molecule has 0 radical (unpaired) electrons. The van der Waals surface area contributed by atoms with Crippen molar-refractivity contribution in [1.29, 1.82) is 0 Å². The average Bonchev–Trinajstić information content (AvgIpc) is 3.39. The highest BCUT2D eigenvalue weighted by Gasteiger charge is 2.31. The number of benzene rings is 1. The van der Waals surface area contributed by atoms with Crippen molar-refractivity contribution < 1.29 is 9.18 Å². The van der Waals surface area contributed by atoms with Crippen LogP contribution in [-0.4, -0.2) is 36.9 Å². The second kappa shape index (κ2) is 8.11. The van der Waals surface area contributed by atoms with Crippen LogP contribution >= 0.6 is 0 Å². The van der Waals surface area contributed by atoms with Gasteiger partial charge in [0.2, 0.25) is 5.91 Å². The molecule has 1 aromatic carbocycles. The fourth-order valence-corrected chi connectivity index (χ4v) is 3.83. The zero-order chi connectivity index (χ0) is 20.4. The summed E-state index contributed by atoms with van der Waals surface area (Å²) in [5.41, 5.74) is 1.60. The molecule has 0 saturated carbocycles. The highest BCUT2D eigenvalue weighted by atomic mass is 19.1. The topological polar surface area (TPSA) is 63.9 Å². The van der Waals surface area contributed by atoms with Crippen LogP contribution in [0.4, 0.5) is 4.39 Å². The number of aromatic nitrogens is 4. The second-order valence-corrected chi connectivity index (χ2v) is 7.66. The molecule has 1 aliphatic heterocycles. The van der Waals surface area contributed by atoms with Gasteiger partial charge in [-0.25, -0.2) is 14.4 Å². The first-order valence-electron chi connectivity index (χ1n) is 9.92. The summed E-state index contributed by atoms with van der Waals surface area (Å²) in [7, 11) is 0. The molecule has 1 amide bonds. The Morgan fingerprint density at radius 3 is 2.79 bits per heavy atom. The molecular formula is C22H24FN5O. The summed E-state index contributed by atoms with van der Waals surface area (Å²) in [6.45, 7) is 4.87. The van der Waals surface area contributed by atoms with Crippen LogP contribution in [0, 0.1) is 5.82 Å². The van der Waals surface area contributed by atoms with Gasteiger partial charge in [-0.1, -0.05) is 26.0 Å². The van der Waals surface area contributed by atoms with Gasteiger partial charge in [-0.15, -0.1) is 0 Å². The number of halogens is 1. The molecule has 1 fully saturated rings. The average molecular weight is 393 g/mol. The monoisotopic (exact) mass is 393 g/mol. The van der Waals surface area contributed by atoms with Gasteiger partial charge in [0.05, 0.1) is 30.6 Å². The predicted octanol–water partition coefficient (Wildman–Crippen LogP) is 3.83. The summed E-state index contributed by atoms with van der Waals surface area (Å²) in [6.07, 6.45) is 9.14. The molecule has 29 heavy (non-hydrogen) atoms. The lowest BCUT2D eigenvalue weighted by Gasteiger charge is -2.24. The Bertz CT molecular complexity index is 998. The lowest BCUT2D eigenvalue weighted by atomic mass is 10.1. The maximum absolute atomic E-state index is 13.1. The minimum atomic E-state index is -0.299. The Morgan fingerprint density at radius 2 is 2.03 bits per heavy atom. The van der Waals surface area contributed by atoms with Gasteiger partial charge in [-0.3, -0.25) is 14.3 Å². The van der Waals surface area contributed by atoms with E-state index in [1.165, 1.54) is 12.1 Å². The summed E-state index contributed by atoms with van der Waals surface area (Å²) >= 11 is 0. The molecule has 1 saturated heterocycles. The zero-order valence-electron chi connectivity index (χ0n) is 16.6. The fourth-order valence-electron chi connectivity index (χ4n) is 3.83. The Morgan fingerprint density at radius 1 is 1.24 bits per heavy atom. The number of imidazole rings is 1. The van der Waals surface area contributed by atoms with E-state index in [2.05, 4.69) is 23.8 Å². The molecule has 2 aromatic heterocycles. The van der Waals surface area contributed by atoms with Gasteiger partial charge in [-0.2, -0.15) is 0 Å².